The van der Waals surface area contributed by atoms with Crippen molar-refractivity contribution < 1.29 is 13.6 Å². The van der Waals surface area contributed by atoms with Gasteiger partial charge in [0, 0.05) is 18.5 Å². The summed E-state index contributed by atoms with van der Waals surface area (Å²) in [7, 11) is 0. The Morgan fingerprint density at radius 2 is 1.79 bits per heavy atom. The first-order chi connectivity index (χ1) is 13.6. The fraction of sp³-hybridized carbons (Fsp3) is 0.211. The van der Waals surface area contributed by atoms with Crippen molar-refractivity contribution in [1.82, 2.24) is 25.3 Å². The van der Waals surface area contributed by atoms with Crippen molar-refractivity contribution in [1.29, 1.82) is 0 Å². The predicted molar refractivity (Wildman–Crippen MR) is 96.8 cm³/mol. The van der Waals surface area contributed by atoms with Gasteiger partial charge in [-0.15, -0.1) is 0 Å². The summed E-state index contributed by atoms with van der Waals surface area (Å²) in [5.41, 5.74) is 1.71. The summed E-state index contributed by atoms with van der Waals surface area (Å²) >= 11 is 0. The van der Waals surface area contributed by atoms with Gasteiger partial charge < -0.3 is 10.6 Å². The summed E-state index contributed by atoms with van der Waals surface area (Å²) in [4.78, 5) is 29.3. The van der Waals surface area contributed by atoms with Crippen LogP contribution in [0.25, 0.3) is 0 Å². The molecule has 0 atom stereocenters. The second-order valence-corrected chi connectivity index (χ2v) is 6.48. The Morgan fingerprint density at radius 3 is 2.46 bits per heavy atom. The Balaban J connectivity index is 1.56. The topological polar surface area (TPSA) is 92.7 Å². The van der Waals surface area contributed by atoms with Crippen molar-refractivity contribution in [2.75, 3.05) is 5.32 Å². The van der Waals surface area contributed by atoms with Gasteiger partial charge in [0.2, 0.25) is 0 Å². The number of hydrogen-bond acceptors (Lipinski definition) is 6. The first kappa shape index (κ1) is 17.9. The smallest absolute Gasteiger partial charge is 0.274 e. The van der Waals surface area contributed by atoms with Crippen molar-refractivity contribution in [2.24, 2.45) is 0 Å². The number of carbonyl (C=O) groups is 1. The van der Waals surface area contributed by atoms with E-state index in [1.807, 2.05) is 0 Å². The molecule has 2 heterocycles. The van der Waals surface area contributed by atoms with Crippen molar-refractivity contribution in [3.63, 3.8) is 0 Å². The summed E-state index contributed by atoms with van der Waals surface area (Å²) in [5, 5.41) is 5.61. The normalized spacial score (nSPS) is 13.2. The first-order valence-corrected chi connectivity index (χ1v) is 8.70. The van der Waals surface area contributed by atoms with Crippen LogP contribution in [0.2, 0.25) is 0 Å². The van der Waals surface area contributed by atoms with Gasteiger partial charge in [-0.2, -0.15) is 0 Å². The minimum atomic E-state index is -0.703. The monoisotopic (exact) mass is 382 g/mol. The second-order valence-electron chi connectivity index (χ2n) is 6.48. The molecule has 0 radical (unpaired) electrons. The summed E-state index contributed by atoms with van der Waals surface area (Å²) < 4.78 is 26.7. The van der Waals surface area contributed by atoms with E-state index in [4.69, 9.17) is 0 Å². The maximum Gasteiger partial charge on any atom is 0.274 e. The van der Waals surface area contributed by atoms with Crippen molar-refractivity contribution in [2.45, 2.75) is 25.3 Å². The zero-order valence-corrected chi connectivity index (χ0v) is 14.7. The molecular formula is C19H16F2N6O. The van der Waals surface area contributed by atoms with Crippen molar-refractivity contribution in [3.05, 3.63) is 71.7 Å². The molecule has 1 aromatic carbocycles. The number of carbonyl (C=O) groups excluding carboxylic acids is 1. The van der Waals surface area contributed by atoms with Crippen LogP contribution in [0.4, 0.5) is 20.3 Å². The highest BCUT2D eigenvalue weighted by molar-refractivity contribution is 5.97. The van der Waals surface area contributed by atoms with Crippen LogP contribution in [0, 0.1) is 11.6 Å². The van der Waals surface area contributed by atoms with Crippen LogP contribution in [-0.2, 0) is 6.54 Å². The average Bonchev–Trinajstić information content (AvgIpc) is 3.52. The third-order valence-electron chi connectivity index (χ3n) is 4.20. The molecule has 9 heteroatoms. The third-order valence-corrected chi connectivity index (χ3v) is 4.20. The summed E-state index contributed by atoms with van der Waals surface area (Å²) in [6.45, 7) is -0.0449. The number of aromatic nitrogens is 4. The van der Waals surface area contributed by atoms with Gasteiger partial charge in [0.05, 0.1) is 30.0 Å². The van der Waals surface area contributed by atoms with Gasteiger partial charge in [-0.05, 0) is 30.5 Å². The van der Waals surface area contributed by atoms with Crippen LogP contribution in [0.5, 0.6) is 0 Å². The van der Waals surface area contributed by atoms with Gasteiger partial charge >= 0.3 is 0 Å². The minimum absolute atomic E-state index is 0.0449. The largest absolute Gasteiger partial charge is 0.346 e. The number of rotatable bonds is 6. The molecule has 142 valence electrons. The molecule has 2 N–H and O–H groups in total. The van der Waals surface area contributed by atoms with Gasteiger partial charge in [0.15, 0.2) is 11.5 Å². The van der Waals surface area contributed by atoms with E-state index in [1.54, 1.807) is 18.6 Å². The minimum Gasteiger partial charge on any atom is -0.346 e. The molecule has 0 spiro atoms. The Hall–Kier alpha value is -3.49. The summed E-state index contributed by atoms with van der Waals surface area (Å²) in [6, 6.07) is 3.10. The van der Waals surface area contributed by atoms with Crippen LogP contribution >= 0.6 is 0 Å². The number of hydrogen-bond donors (Lipinski definition) is 2. The highest BCUT2D eigenvalue weighted by atomic mass is 19.1. The Kier molecular flexibility index (Phi) is 4.88. The van der Waals surface area contributed by atoms with E-state index >= 15 is 0 Å². The molecule has 4 rings (SSSR count). The third kappa shape index (κ3) is 4.25. The van der Waals surface area contributed by atoms with Crippen molar-refractivity contribution in [3.8, 4) is 0 Å². The number of benzene rings is 1. The predicted octanol–water partition coefficient (Wildman–Crippen LogP) is 3.10. The van der Waals surface area contributed by atoms with Crippen LogP contribution in [0.1, 0.15) is 40.5 Å². The maximum absolute atomic E-state index is 13.3. The number of anilines is 2. The zero-order valence-electron chi connectivity index (χ0n) is 14.7. The molecule has 2 aromatic heterocycles. The van der Waals surface area contributed by atoms with E-state index in [-0.39, 0.29) is 18.1 Å². The molecule has 28 heavy (non-hydrogen) atoms. The molecule has 1 aliphatic carbocycles. The molecule has 0 bridgehead atoms. The molecule has 3 aromatic rings. The zero-order chi connectivity index (χ0) is 19.5. The lowest BCUT2D eigenvalue weighted by molar-refractivity contribution is 0.0946. The van der Waals surface area contributed by atoms with E-state index in [9.17, 15) is 13.6 Å². The Bertz CT molecular complexity index is 990. The van der Waals surface area contributed by atoms with E-state index in [0.717, 1.165) is 36.7 Å². The Morgan fingerprint density at radius 1 is 1.07 bits per heavy atom. The maximum atomic E-state index is 13.3. The van der Waals surface area contributed by atoms with E-state index < -0.39 is 17.5 Å². The van der Waals surface area contributed by atoms with Gasteiger partial charge in [0.1, 0.15) is 18.0 Å². The van der Waals surface area contributed by atoms with Gasteiger partial charge in [0.25, 0.3) is 5.91 Å². The summed E-state index contributed by atoms with van der Waals surface area (Å²) in [5.74, 6) is -1.34. The molecule has 7 nitrogen and oxygen atoms in total. The number of nitrogens with one attached hydrogen (secondary N) is 2. The highest BCUT2D eigenvalue weighted by Gasteiger charge is 2.27. The van der Waals surface area contributed by atoms with Crippen molar-refractivity contribution >= 4 is 17.4 Å². The Labute approximate surface area is 159 Å². The number of nitrogens with zero attached hydrogens (tertiary/aromatic N) is 4. The molecule has 0 saturated heterocycles. The fourth-order valence-corrected chi connectivity index (χ4v) is 2.71. The number of amides is 1. The molecule has 1 saturated carbocycles. The highest BCUT2D eigenvalue weighted by Crippen LogP contribution is 2.39. The van der Waals surface area contributed by atoms with Gasteiger partial charge in [-0.3, -0.25) is 4.79 Å². The molecule has 0 aliphatic heterocycles. The second kappa shape index (κ2) is 7.63. The van der Waals surface area contributed by atoms with E-state index in [2.05, 4.69) is 30.6 Å². The molecule has 1 aliphatic rings. The molecule has 1 fully saturated rings. The van der Waals surface area contributed by atoms with E-state index in [0.29, 0.717) is 17.2 Å². The lowest BCUT2D eigenvalue weighted by Crippen LogP contribution is -2.25. The molecule has 0 unspecified atom stereocenters. The first-order valence-electron chi connectivity index (χ1n) is 8.70. The van der Waals surface area contributed by atoms with Crippen LogP contribution < -0.4 is 10.6 Å². The van der Waals surface area contributed by atoms with Crippen LogP contribution in [0.3, 0.4) is 0 Å². The fourth-order valence-electron chi connectivity index (χ4n) is 2.71. The van der Waals surface area contributed by atoms with E-state index in [1.165, 1.54) is 6.33 Å². The lowest BCUT2D eigenvalue weighted by atomic mass is 10.2. The lowest BCUT2D eigenvalue weighted by Gasteiger charge is -2.12. The SMILES string of the molecule is O=C(NCc1cc(F)cc(F)c1)c1nc(C2CC2)cnc1Nc1cncnc1. The number of halogens is 2. The standard InChI is InChI=1S/C19H16F2N6O/c20-13-3-11(4-14(21)5-13)6-25-19(28)17-18(26-15-7-22-10-23-8-15)24-9-16(27-17)12-1-2-12/h3-5,7-10,12H,1-2,6H2,(H,24,26)(H,25,28). The average molecular weight is 382 g/mol. The molecule has 1 amide bonds. The van der Waals surface area contributed by atoms with Crippen LogP contribution in [0.15, 0.2) is 43.1 Å². The molecular weight excluding hydrogens is 366 g/mol. The quantitative estimate of drug-likeness (QED) is 0.681. The van der Waals surface area contributed by atoms with Gasteiger partial charge in [-0.1, -0.05) is 0 Å². The van der Waals surface area contributed by atoms with Gasteiger partial charge in [-0.25, -0.2) is 28.7 Å². The van der Waals surface area contributed by atoms with Crippen LogP contribution in [-0.4, -0.2) is 25.8 Å². The summed E-state index contributed by atoms with van der Waals surface area (Å²) in [6.07, 6.45) is 8.14.